The van der Waals surface area contributed by atoms with Gasteiger partial charge < -0.3 is 10.1 Å². The summed E-state index contributed by atoms with van der Waals surface area (Å²) in [6.07, 6.45) is 8.02. The van der Waals surface area contributed by atoms with Gasteiger partial charge in [0.05, 0.1) is 10.4 Å². The Bertz CT molecular complexity index is 376. The van der Waals surface area contributed by atoms with Crippen LogP contribution in [0.1, 0.15) is 37.0 Å². The summed E-state index contributed by atoms with van der Waals surface area (Å²) in [5.74, 6) is 0.701. The quantitative estimate of drug-likeness (QED) is 0.853. The maximum Gasteiger partial charge on any atom is 0.0931 e. The Hall–Kier alpha value is -0.0900. The van der Waals surface area contributed by atoms with Crippen molar-refractivity contribution in [2.45, 2.75) is 50.7 Å². The van der Waals surface area contributed by atoms with E-state index in [4.69, 9.17) is 16.3 Å². The zero-order valence-corrected chi connectivity index (χ0v) is 13.4. The van der Waals surface area contributed by atoms with E-state index in [0.717, 1.165) is 10.8 Å². The van der Waals surface area contributed by atoms with Crippen LogP contribution in [0.25, 0.3) is 0 Å². The van der Waals surface area contributed by atoms with Crippen LogP contribution in [0.3, 0.4) is 0 Å². The first-order valence-corrected chi connectivity index (χ1v) is 8.38. The van der Waals surface area contributed by atoms with Gasteiger partial charge in [-0.05, 0) is 44.4 Å². The summed E-state index contributed by atoms with van der Waals surface area (Å²) in [5.41, 5.74) is 0. The summed E-state index contributed by atoms with van der Waals surface area (Å²) in [6, 6.07) is 4.49. The molecule has 4 heteroatoms. The Labute approximate surface area is 125 Å². The minimum Gasteiger partial charge on any atom is -0.380 e. The van der Waals surface area contributed by atoms with Crippen molar-refractivity contribution in [2.75, 3.05) is 14.2 Å². The molecule has 2 rings (SSSR count). The Morgan fingerprint density at radius 3 is 2.63 bits per heavy atom. The van der Waals surface area contributed by atoms with Crippen molar-refractivity contribution in [1.29, 1.82) is 0 Å². The fourth-order valence-electron chi connectivity index (χ4n) is 3.21. The largest absolute Gasteiger partial charge is 0.380 e. The number of hydrogen-bond acceptors (Lipinski definition) is 3. The number of likely N-dealkylation sites (N-methyl/N-ethyl adjacent to an activating group) is 1. The number of thiophene rings is 1. The molecule has 0 bridgehead atoms. The molecule has 2 atom stereocenters. The first-order valence-electron chi connectivity index (χ1n) is 7.19. The van der Waals surface area contributed by atoms with Crippen LogP contribution < -0.4 is 5.32 Å². The van der Waals surface area contributed by atoms with E-state index < -0.39 is 0 Å². The van der Waals surface area contributed by atoms with Gasteiger partial charge in [-0.25, -0.2) is 0 Å². The molecular formula is C15H24ClNOS. The minimum atomic E-state index is 0.311. The SMILES string of the molecule is CNC(Cc1ccc(Cl)s1)C(OC)C1CCCCC1. The summed E-state index contributed by atoms with van der Waals surface area (Å²) < 4.78 is 6.70. The van der Waals surface area contributed by atoms with Crippen LogP contribution in [0.5, 0.6) is 0 Å². The van der Waals surface area contributed by atoms with E-state index >= 15 is 0 Å². The number of rotatable bonds is 6. The third-order valence-corrected chi connectivity index (χ3v) is 5.46. The van der Waals surface area contributed by atoms with Gasteiger partial charge in [-0.3, -0.25) is 0 Å². The summed E-state index contributed by atoms with van der Waals surface area (Å²) in [6.45, 7) is 0. The van der Waals surface area contributed by atoms with E-state index in [1.165, 1.54) is 37.0 Å². The predicted octanol–water partition coefficient (Wildman–Crippen LogP) is 4.13. The van der Waals surface area contributed by atoms with Crippen molar-refractivity contribution in [3.05, 3.63) is 21.3 Å². The number of ether oxygens (including phenoxy) is 1. The highest BCUT2D eigenvalue weighted by Crippen LogP contribution is 2.31. The van der Waals surface area contributed by atoms with E-state index in [0.29, 0.717) is 18.1 Å². The molecule has 2 nitrogen and oxygen atoms in total. The third-order valence-electron chi connectivity index (χ3n) is 4.20. The molecule has 1 fully saturated rings. The zero-order chi connectivity index (χ0) is 13.7. The molecule has 0 radical (unpaired) electrons. The standard InChI is InChI=1S/C15H24ClNOS/c1-17-13(10-12-8-9-14(16)19-12)15(18-2)11-6-4-3-5-7-11/h8-9,11,13,15,17H,3-7,10H2,1-2H3. The second-order valence-corrected chi connectivity index (χ2v) is 7.20. The van der Waals surface area contributed by atoms with Crippen molar-refractivity contribution in [3.8, 4) is 0 Å². The van der Waals surface area contributed by atoms with Crippen LogP contribution in [0.2, 0.25) is 4.34 Å². The number of halogens is 1. The van der Waals surface area contributed by atoms with E-state index in [9.17, 15) is 0 Å². The molecule has 1 heterocycles. The van der Waals surface area contributed by atoms with E-state index in [-0.39, 0.29) is 0 Å². The fraction of sp³-hybridized carbons (Fsp3) is 0.733. The molecule has 0 amide bonds. The van der Waals surface area contributed by atoms with Gasteiger partial charge in [-0.1, -0.05) is 30.9 Å². The number of nitrogens with one attached hydrogen (secondary N) is 1. The zero-order valence-electron chi connectivity index (χ0n) is 11.8. The maximum atomic E-state index is 6.02. The second kappa shape index (κ2) is 7.63. The van der Waals surface area contributed by atoms with E-state index in [1.54, 1.807) is 11.3 Å². The lowest BCUT2D eigenvalue weighted by molar-refractivity contribution is 0.0103. The molecular weight excluding hydrogens is 278 g/mol. The van der Waals surface area contributed by atoms with Gasteiger partial charge >= 0.3 is 0 Å². The Balaban J connectivity index is 2.00. The molecule has 0 spiro atoms. The van der Waals surface area contributed by atoms with Gasteiger partial charge in [0, 0.05) is 18.0 Å². The van der Waals surface area contributed by atoms with Crippen LogP contribution in [-0.2, 0) is 11.2 Å². The third kappa shape index (κ3) is 4.19. The maximum absolute atomic E-state index is 6.02. The summed E-state index contributed by atoms with van der Waals surface area (Å²) in [4.78, 5) is 1.34. The minimum absolute atomic E-state index is 0.311. The Morgan fingerprint density at radius 2 is 2.11 bits per heavy atom. The molecule has 0 aliphatic heterocycles. The highest BCUT2D eigenvalue weighted by Gasteiger charge is 2.30. The van der Waals surface area contributed by atoms with Crippen LogP contribution in [0.15, 0.2) is 12.1 Å². The molecule has 1 aromatic rings. The van der Waals surface area contributed by atoms with Gasteiger partial charge in [-0.15, -0.1) is 11.3 Å². The highest BCUT2D eigenvalue weighted by atomic mass is 35.5. The summed E-state index contributed by atoms with van der Waals surface area (Å²) >= 11 is 7.69. The van der Waals surface area contributed by atoms with E-state index in [1.807, 2.05) is 20.2 Å². The van der Waals surface area contributed by atoms with Gasteiger partial charge in [0.25, 0.3) is 0 Å². The van der Waals surface area contributed by atoms with Gasteiger partial charge in [0.15, 0.2) is 0 Å². The van der Waals surface area contributed by atoms with Crippen LogP contribution in [-0.4, -0.2) is 26.3 Å². The lowest BCUT2D eigenvalue weighted by atomic mass is 9.81. The van der Waals surface area contributed by atoms with E-state index in [2.05, 4.69) is 11.4 Å². The van der Waals surface area contributed by atoms with Crippen LogP contribution in [0.4, 0.5) is 0 Å². The average Bonchev–Trinajstić information content (AvgIpc) is 2.85. The predicted molar refractivity (Wildman–Crippen MR) is 83.3 cm³/mol. The molecule has 1 saturated carbocycles. The van der Waals surface area contributed by atoms with Crippen molar-refractivity contribution in [2.24, 2.45) is 5.92 Å². The second-order valence-electron chi connectivity index (χ2n) is 5.40. The molecule has 108 valence electrons. The lowest BCUT2D eigenvalue weighted by Gasteiger charge is -2.34. The molecule has 1 aromatic heterocycles. The first kappa shape index (κ1) is 15.3. The Morgan fingerprint density at radius 1 is 1.37 bits per heavy atom. The van der Waals surface area contributed by atoms with Crippen molar-refractivity contribution in [1.82, 2.24) is 5.32 Å². The normalized spacial score (nSPS) is 20.4. The van der Waals surface area contributed by atoms with Crippen molar-refractivity contribution >= 4 is 22.9 Å². The topological polar surface area (TPSA) is 21.3 Å². The monoisotopic (exact) mass is 301 g/mol. The number of methoxy groups -OCH3 is 1. The van der Waals surface area contributed by atoms with Crippen LogP contribution >= 0.6 is 22.9 Å². The van der Waals surface area contributed by atoms with Crippen molar-refractivity contribution in [3.63, 3.8) is 0 Å². The van der Waals surface area contributed by atoms with Gasteiger partial charge in [0.2, 0.25) is 0 Å². The summed E-state index contributed by atoms with van der Waals surface area (Å²) in [5, 5.41) is 3.45. The fourth-order valence-corrected chi connectivity index (χ4v) is 4.35. The molecule has 2 unspecified atom stereocenters. The smallest absolute Gasteiger partial charge is 0.0931 e. The van der Waals surface area contributed by atoms with Crippen LogP contribution in [0, 0.1) is 5.92 Å². The molecule has 19 heavy (non-hydrogen) atoms. The lowest BCUT2D eigenvalue weighted by Crippen LogP contribution is -2.45. The molecule has 0 aromatic carbocycles. The highest BCUT2D eigenvalue weighted by molar-refractivity contribution is 7.16. The summed E-state index contributed by atoms with van der Waals surface area (Å²) in [7, 11) is 3.89. The van der Waals surface area contributed by atoms with Gasteiger partial charge in [0.1, 0.15) is 0 Å². The molecule has 1 aliphatic rings. The van der Waals surface area contributed by atoms with Crippen molar-refractivity contribution < 1.29 is 4.74 Å². The molecule has 1 aliphatic carbocycles. The first-order chi connectivity index (χ1) is 9.24. The molecule has 1 N–H and O–H groups in total. The Kier molecular flexibility index (Phi) is 6.14. The van der Waals surface area contributed by atoms with Gasteiger partial charge in [-0.2, -0.15) is 0 Å². The average molecular weight is 302 g/mol. The molecule has 0 saturated heterocycles. The number of hydrogen-bond donors (Lipinski definition) is 1.